The van der Waals surface area contributed by atoms with Crippen LogP contribution in [0.2, 0.25) is 0 Å². The Morgan fingerprint density at radius 1 is 1.16 bits per heavy atom. The molecule has 1 atom stereocenters. The number of rotatable bonds is 7. The van der Waals surface area contributed by atoms with Crippen LogP contribution in [0, 0.1) is 10.1 Å². The molecule has 0 aliphatic carbocycles. The van der Waals surface area contributed by atoms with Crippen molar-refractivity contribution in [1.82, 2.24) is 9.80 Å². The summed E-state index contributed by atoms with van der Waals surface area (Å²) < 4.78 is 11.0. The lowest BCUT2D eigenvalue weighted by molar-refractivity contribution is -0.384. The minimum Gasteiger partial charge on any atom is -0.457 e. The monoisotopic (exact) mass is 534 g/mol. The molecular formula is C27H26N4O6S. The number of carbonyl (C=O) groups is 2. The molecule has 1 saturated heterocycles. The first-order valence-electron chi connectivity index (χ1n) is 12.2. The molecule has 3 aliphatic heterocycles. The number of nitro benzene ring substituents is 1. The van der Waals surface area contributed by atoms with Crippen LogP contribution in [0.15, 0.2) is 82.0 Å². The van der Waals surface area contributed by atoms with Crippen LogP contribution >= 0.6 is 11.8 Å². The molecule has 196 valence electrons. The van der Waals surface area contributed by atoms with Crippen LogP contribution in [0.3, 0.4) is 0 Å². The van der Waals surface area contributed by atoms with Crippen molar-refractivity contribution in [2.24, 2.45) is 4.99 Å². The Hall–Kier alpha value is -3.96. The van der Waals surface area contributed by atoms with Gasteiger partial charge >= 0.3 is 5.97 Å². The smallest absolute Gasteiger partial charge is 0.338 e. The van der Waals surface area contributed by atoms with Crippen molar-refractivity contribution in [3.05, 3.63) is 98.2 Å². The third kappa shape index (κ3) is 5.34. The number of hydrogen-bond donors (Lipinski definition) is 0. The number of esters is 1. The Morgan fingerprint density at radius 3 is 2.66 bits per heavy atom. The van der Waals surface area contributed by atoms with E-state index in [2.05, 4.69) is 4.99 Å². The third-order valence-corrected chi connectivity index (χ3v) is 7.41. The molecule has 0 bridgehead atoms. The average molecular weight is 535 g/mol. The van der Waals surface area contributed by atoms with E-state index in [0.717, 1.165) is 5.56 Å². The summed E-state index contributed by atoms with van der Waals surface area (Å²) in [5.41, 5.74) is 2.68. The van der Waals surface area contributed by atoms with E-state index in [9.17, 15) is 19.7 Å². The minimum atomic E-state index is -0.746. The van der Waals surface area contributed by atoms with E-state index in [0.29, 0.717) is 48.4 Å². The van der Waals surface area contributed by atoms with Gasteiger partial charge in [0.05, 0.1) is 41.9 Å². The summed E-state index contributed by atoms with van der Waals surface area (Å²) in [6.45, 7) is 3.82. The highest BCUT2D eigenvalue weighted by Crippen LogP contribution is 2.45. The molecule has 3 heterocycles. The molecule has 1 fully saturated rings. The number of carbonyl (C=O) groups excluding carboxylic acids is 2. The van der Waals surface area contributed by atoms with Crippen molar-refractivity contribution in [1.29, 1.82) is 0 Å². The zero-order valence-corrected chi connectivity index (χ0v) is 21.6. The van der Waals surface area contributed by atoms with Gasteiger partial charge in [-0.3, -0.25) is 14.9 Å². The summed E-state index contributed by atoms with van der Waals surface area (Å²) in [4.78, 5) is 46.0. The average Bonchev–Trinajstić information content (AvgIpc) is 3.33. The SMILES string of the molecule is CC1=C(C(=O)OCc2ccccc2)C(c2cccc([N+](=O)[O-])c2)N2C(CC(=O)N3CCOCC3)=CSC2=N1. The molecule has 0 saturated carbocycles. The maximum absolute atomic E-state index is 13.5. The number of hydrogen-bond acceptors (Lipinski definition) is 9. The number of fused-ring (bicyclic) bond motifs is 1. The maximum Gasteiger partial charge on any atom is 0.338 e. The lowest BCUT2D eigenvalue weighted by Gasteiger charge is -2.36. The zero-order valence-electron chi connectivity index (χ0n) is 20.7. The second kappa shape index (κ2) is 11.2. The van der Waals surface area contributed by atoms with Crippen molar-refractivity contribution >= 4 is 34.5 Å². The predicted molar refractivity (Wildman–Crippen MR) is 142 cm³/mol. The summed E-state index contributed by atoms with van der Waals surface area (Å²) in [6, 6.07) is 14.8. The quantitative estimate of drug-likeness (QED) is 0.296. The molecule has 5 rings (SSSR count). The molecule has 0 N–H and O–H groups in total. The predicted octanol–water partition coefficient (Wildman–Crippen LogP) is 4.16. The summed E-state index contributed by atoms with van der Waals surface area (Å²) >= 11 is 1.36. The fraction of sp³-hybridized carbons (Fsp3) is 0.296. The molecule has 10 nitrogen and oxygen atoms in total. The zero-order chi connectivity index (χ0) is 26.6. The largest absolute Gasteiger partial charge is 0.457 e. The molecule has 2 aromatic rings. The second-order valence-electron chi connectivity index (χ2n) is 8.98. The maximum atomic E-state index is 13.5. The number of morpholine rings is 1. The number of thioether (sulfide) groups is 1. The highest BCUT2D eigenvalue weighted by molar-refractivity contribution is 8.16. The Labute approximate surface area is 223 Å². The van der Waals surface area contributed by atoms with Gasteiger partial charge in [0.15, 0.2) is 5.17 Å². The Morgan fingerprint density at radius 2 is 1.92 bits per heavy atom. The standard InChI is InChI=1S/C27H26N4O6S/c1-18-24(26(33)37-16-19-6-3-2-4-7-19)25(20-8-5-9-21(14-20)31(34)35)30-22(17-38-27(30)28-18)15-23(32)29-10-12-36-13-11-29/h2-9,14,17,25H,10-13,15-16H2,1H3. The van der Waals surface area contributed by atoms with E-state index in [-0.39, 0.29) is 30.2 Å². The third-order valence-electron chi connectivity index (χ3n) is 6.53. The summed E-state index contributed by atoms with van der Waals surface area (Å²) in [6.07, 6.45) is 0.100. The molecule has 3 aliphatic rings. The van der Waals surface area contributed by atoms with Gasteiger partial charge in [0.25, 0.3) is 5.69 Å². The van der Waals surface area contributed by atoms with Gasteiger partial charge in [-0.15, -0.1) is 0 Å². The molecule has 0 spiro atoms. The first-order chi connectivity index (χ1) is 18.4. The number of nitrogens with zero attached hydrogens (tertiary/aromatic N) is 4. The number of amidine groups is 1. The topological polar surface area (TPSA) is 115 Å². The number of ether oxygens (including phenoxy) is 2. The van der Waals surface area contributed by atoms with Gasteiger partial charge < -0.3 is 19.3 Å². The lowest BCUT2D eigenvalue weighted by atomic mass is 9.93. The van der Waals surface area contributed by atoms with E-state index in [1.54, 1.807) is 24.0 Å². The molecular weight excluding hydrogens is 508 g/mol. The lowest BCUT2D eigenvalue weighted by Crippen LogP contribution is -2.42. The van der Waals surface area contributed by atoms with Crippen molar-refractivity contribution in [2.75, 3.05) is 26.3 Å². The molecule has 2 aromatic carbocycles. The highest BCUT2D eigenvalue weighted by atomic mass is 32.2. The Kier molecular flexibility index (Phi) is 7.57. The fourth-order valence-corrected chi connectivity index (χ4v) is 5.60. The first-order valence-corrected chi connectivity index (χ1v) is 13.1. The van der Waals surface area contributed by atoms with Crippen LogP contribution in [-0.4, -0.2) is 58.1 Å². The van der Waals surface area contributed by atoms with Crippen molar-refractivity contribution in [3.63, 3.8) is 0 Å². The summed E-state index contributed by atoms with van der Waals surface area (Å²) in [5, 5.41) is 14.0. The van der Waals surface area contributed by atoms with Crippen molar-refractivity contribution in [2.45, 2.75) is 26.0 Å². The molecule has 11 heteroatoms. The number of amides is 1. The molecule has 38 heavy (non-hydrogen) atoms. The summed E-state index contributed by atoms with van der Waals surface area (Å²) in [5.74, 6) is -0.625. The first kappa shape index (κ1) is 25.7. The van der Waals surface area contributed by atoms with Crippen LogP contribution in [0.1, 0.15) is 30.5 Å². The van der Waals surface area contributed by atoms with E-state index >= 15 is 0 Å². The molecule has 0 aromatic heterocycles. The molecule has 1 amide bonds. The Bertz CT molecular complexity index is 1350. The van der Waals surface area contributed by atoms with E-state index in [4.69, 9.17) is 9.47 Å². The van der Waals surface area contributed by atoms with Gasteiger partial charge in [0.2, 0.25) is 5.91 Å². The molecule has 0 radical (unpaired) electrons. The van der Waals surface area contributed by atoms with E-state index in [1.807, 2.05) is 40.6 Å². The molecule has 1 unspecified atom stereocenters. The van der Waals surface area contributed by atoms with Gasteiger partial charge in [0.1, 0.15) is 6.61 Å². The number of non-ortho nitro benzene ring substituents is 1. The van der Waals surface area contributed by atoms with E-state index < -0.39 is 16.9 Å². The van der Waals surface area contributed by atoms with Crippen molar-refractivity contribution in [3.8, 4) is 0 Å². The van der Waals surface area contributed by atoms with Crippen LogP contribution in [0.25, 0.3) is 0 Å². The normalized spacial score (nSPS) is 19.0. The number of allylic oxidation sites excluding steroid dienone is 1. The fourth-order valence-electron chi connectivity index (χ4n) is 4.63. The van der Waals surface area contributed by atoms with Gasteiger partial charge in [-0.05, 0) is 23.5 Å². The van der Waals surface area contributed by atoms with Crippen LogP contribution < -0.4 is 0 Å². The van der Waals surface area contributed by atoms with Crippen molar-refractivity contribution < 1.29 is 24.0 Å². The summed E-state index contributed by atoms with van der Waals surface area (Å²) in [7, 11) is 0. The van der Waals surface area contributed by atoms with Crippen LogP contribution in [-0.2, 0) is 25.7 Å². The van der Waals surface area contributed by atoms with Gasteiger partial charge in [-0.1, -0.05) is 54.2 Å². The van der Waals surface area contributed by atoms with Crippen LogP contribution in [0.4, 0.5) is 5.69 Å². The minimum absolute atomic E-state index is 0.0568. The van der Waals surface area contributed by atoms with Gasteiger partial charge in [0, 0.05) is 30.9 Å². The second-order valence-corrected chi connectivity index (χ2v) is 9.81. The number of benzene rings is 2. The number of aliphatic imine (C=N–C) groups is 1. The number of nitro groups is 1. The van der Waals surface area contributed by atoms with E-state index in [1.165, 1.54) is 23.9 Å². The Balaban J connectivity index is 1.49. The van der Waals surface area contributed by atoms with Gasteiger partial charge in [-0.2, -0.15) is 0 Å². The van der Waals surface area contributed by atoms with Crippen LogP contribution in [0.5, 0.6) is 0 Å². The highest BCUT2D eigenvalue weighted by Gasteiger charge is 2.42. The van der Waals surface area contributed by atoms with Gasteiger partial charge in [-0.25, -0.2) is 9.79 Å².